The number of ether oxygens (including phenoxy) is 1. The molecule has 0 aliphatic heterocycles. The van der Waals surface area contributed by atoms with Crippen molar-refractivity contribution in [2.45, 2.75) is 13.0 Å². The van der Waals surface area contributed by atoms with E-state index >= 15 is 0 Å². The van der Waals surface area contributed by atoms with Gasteiger partial charge in [0.15, 0.2) is 5.11 Å². The maximum Gasteiger partial charge on any atom is 0.171 e. The van der Waals surface area contributed by atoms with Crippen molar-refractivity contribution in [2.75, 3.05) is 11.9 Å². The van der Waals surface area contributed by atoms with E-state index in [1.54, 1.807) is 6.08 Å². The first kappa shape index (κ1) is 19.6. The van der Waals surface area contributed by atoms with Gasteiger partial charge >= 0.3 is 0 Å². The molecule has 142 valence electrons. The van der Waals surface area contributed by atoms with Crippen LogP contribution >= 0.6 is 12.2 Å². The molecule has 28 heavy (non-hydrogen) atoms. The van der Waals surface area contributed by atoms with Gasteiger partial charge in [0, 0.05) is 5.69 Å². The highest BCUT2D eigenvalue weighted by Crippen LogP contribution is 2.25. The SMILES string of the molecule is C=CCOc1ccc(NC(=S)NC(c2ccccc2)c2ccccc2C)cc1. The number of benzene rings is 3. The predicted molar refractivity (Wildman–Crippen MR) is 121 cm³/mol. The van der Waals surface area contributed by atoms with Crippen LogP contribution in [0.1, 0.15) is 22.7 Å². The molecule has 0 heterocycles. The molecule has 1 unspecified atom stereocenters. The van der Waals surface area contributed by atoms with Gasteiger partial charge in [0.05, 0.1) is 6.04 Å². The Bertz CT molecular complexity index is 923. The van der Waals surface area contributed by atoms with Crippen LogP contribution in [0.15, 0.2) is 91.5 Å². The van der Waals surface area contributed by atoms with Crippen molar-refractivity contribution in [3.8, 4) is 5.75 Å². The Labute approximate surface area is 172 Å². The molecule has 0 radical (unpaired) electrons. The minimum absolute atomic E-state index is 0.0300. The minimum atomic E-state index is -0.0300. The summed E-state index contributed by atoms with van der Waals surface area (Å²) in [7, 11) is 0. The Morgan fingerprint density at radius 2 is 1.68 bits per heavy atom. The van der Waals surface area contributed by atoms with Gasteiger partial charge in [-0.2, -0.15) is 0 Å². The third-order valence-electron chi connectivity index (χ3n) is 4.39. The van der Waals surface area contributed by atoms with Crippen LogP contribution in [-0.4, -0.2) is 11.7 Å². The first-order chi connectivity index (χ1) is 13.7. The largest absolute Gasteiger partial charge is 0.490 e. The maximum absolute atomic E-state index is 5.59. The molecule has 0 fully saturated rings. The number of rotatable bonds is 7. The summed E-state index contributed by atoms with van der Waals surface area (Å²) in [6.07, 6.45) is 1.72. The zero-order valence-corrected chi connectivity index (χ0v) is 16.7. The molecule has 2 N–H and O–H groups in total. The van der Waals surface area contributed by atoms with E-state index in [-0.39, 0.29) is 6.04 Å². The first-order valence-corrected chi connectivity index (χ1v) is 9.60. The Morgan fingerprint density at radius 1 is 1.00 bits per heavy atom. The van der Waals surface area contributed by atoms with Crippen LogP contribution in [-0.2, 0) is 0 Å². The smallest absolute Gasteiger partial charge is 0.171 e. The van der Waals surface area contributed by atoms with Crippen LogP contribution in [0.4, 0.5) is 5.69 Å². The molecule has 0 saturated heterocycles. The van der Waals surface area contributed by atoms with Gasteiger partial charge in [0.1, 0.15) is 12.4 Å². The second-order valence-electron chi connectivity index (χ2n) is 6.42. The zero-order valence-electron chi connectivity index (χ0n) is 15.9. The van der Waals surface area contributed by atoms with E-state index in [1.807, 2.05) is 48.5 Å². The molecule has 0 saturated carbocycles. The van der Waals surface area contributed by atoms with Gasteiger partial charge in [-0.1, -0.05) is 67.3 Å². The first-order valence-electron chi connectivity index (χ1n) is 9.19. The van der Waals surface area contributed by atoms with Crippen molar-refractivity contribution < 1.29 is 4.74 Å². The molecule has 0 aliphatic rings. The van der Waals surface area contributed by atoms with Crippen molar-refractivity contribution in [3.05, 3.63) is 108 Å². The van der Waals surface area contributed by atoms with Gasteiger partial charge < -0.3 is 15.4 Å². The van der Waals surface area contributed by atoms with Gasteiger partial charge in [0.25, 0.3) is 0 Å². The standard InChI is InChI=1S/C24H24N2OS/c1-3-17-27-21-15-13-20(14-16-21)25-24(28)26-23(19-10-5-4-6-11-19)22-12-8-7-9-18(22)2/h3-16,23H,1,17H2,2H3,(H2,25,26,28). The molecule has 0 spiro atoms. The summed E-state index contributed by atoms with van der Waals surface area (Å²) >= 11 is 5.59. The Balaban J connectivity index is 1.75. The summed E-state index contributed by atoms with van der Waals surface area (Å²) in [5.41, 5.74) is 4.48. The number of nitrogens with one attached hydrogen (secondary N) is 2. The molecule has 3 aromatic carbocycles. The van der Waals surface area contributed by atoms with Gasteiger partial charge in [-0.15, -0.1) is 0 Å². The summed E-state index contributed by atoms with van der Waals surface area (Å²) in [4.78, 5) is 0. The number of hydrogen-bond acceptors (Lipinski definition) is 2. The van der Waals surface area contributed by atoms with E-state index in [4.69, 9.17) is 17.0 Å². The molecule has 0 aliphatic carbocycles. The zero-order chi connectivity index (χ0) is 19.8. The normalized spacial score (nSPS) is 11.3. The average molecular weight is 389 g/mol. The summed E-state index contributed by atoms with van der Waals surface area (Å²) in [5.74, 6) is 0.798. The van der Waals surface area contributed by atoms with Gasteiger partial charge in [0.2, 0.25) is 0 Å². The number of hydrogen-bond donors (Lipinski definition) is 2. The van der Waals surface area contributed by atoms with E-state index in [1.165, 1.54) is 11.1 Å². The summed E-state index contributed by atoms with van der Waals surface area (Å²) in [6.45, 7) is 6.26. The molecule has 3 rings (SSSR count). The molecule has 0 amide bonds. The highest BCUT2D eigenvalue weighted by Gasteiger charge is 2.16. The van der Waals surface area contributed by atoms with E-state index in [0.717, 1.165) is 17.0 Å². The number of aryl methyl sites for hydroxylation is 1. The second kappa shape index (κ2) is 9.72. The average Bonchev–Trinajstić information content (AvgIpc) is 2.73. The quantitative estimate of drug-likeness (QED) is 0.406. The van der Waals surface area contributed by atoms with Crippen molar-refractivity contribution in [2.24, 2.45) is 0 Å². The highest BCUT2D eigenvalue weighted by atomic mass is 32.1. The van der Waals surface area contributed by atoms with Crippen LogP contribution in [0.3, 0.4) is 0 Å². The Morgan fingerprint density at radius 3 is 2.36 bits per heavy atom. The molecule has 1 atom stereocenters. The van der Waals surface area contributed by atoms with E-state index < -0.39 is 0 Å². The summed E-state index contributed by atoms with van der Waals surface area (Å²) in [5, 5.41) is 7.29. The lowest BCUT2D eigenvalue weighted by atomic mass is 9.95. The van der Waals surface area contributed by atoms with Gasteiger partial charge in [-0.05, 0) is 60.1 Å². The number of anilines is 1. The second-order valence-corrected chi connectivity index (χ2v) is 6.83. The molecule has 3 nitrogen and oxygen atoms in total. The third-order valence-corrected chi connectivity index (χ3v) is 4.61. The summed E-state index contributed by atoms with van der Waals surface area (Å²) < 4.78 is 5.51. The fraction of sp³-hybridized carbons (Fsp3) is 0.125. The van der Waals surface area contributed by atoms with Crippen LogP contribution in [0.2, 0.25) is 0 Å². The van der Waals surface area contributed by atoms with Crippen molar-refractivity contribution in [1.29, 1.82) is 0 Å². The van der Waals surface area contributed by atoms with E-state index in [2.05, 4.69) is 54.5 Å². The van der Waals surface area contributed by atoms with Crippen molar-refractivity contribution >= 4 is 23.0 Å². The third kappa shape index (κ3) is 5.21. The van der Waals surface area contributed by atoms with Crippen molar-refractivity contribution in [3.63, 3.8) is 0 Å². The summed E-state index contributed by atoms with van der Waals surface area (Å²) in [6, 6.07) is 26.3. The van der Waals surface area contributed by atoms with Crippen LogP contribution < -0.4 is 15.4 Å². The fourth-order valence-corrected chi connectivity index (χ4v) is 3.22. The molecular formula is C24H24N2OS. The van der Waals surface area contributed by atoms with Crippen LogP contribution in [0, 0.1) is 6.92 Å². The molecule has 4 heteroatoms. The Hall–Kier alpha value is -3.11. The fourth-order valence-electron chi connectivity index (χ4n) is 2.98. The minimum Gasteiger partial charge on any atom is -0.490 e. The Kier molecular flexibility index (Phi) is 6.82. The molecule has 0 aromatic heterocycles. The predicted octanol–water partition coefficient (Wildman–Crippen LogP) is 5.64. The molecular weight excluding hydrogens is 364 g/mol. The lowest BCUT2D eigenvalue weighted by Gasteiger charge is -2.23. The van der Waals surface area contributed by atoms with Crippen molar-refractivity contribution in [1.82, 2.24) is 5.32 Å². The lowest BCUT2D eigenvalue weighted by Crippen LogP contribution is -2.33. The van der Waals surface area contributed by atoms with Gasteiger partial charge in [-0.25, -0.2) is 0 Å². The lowest BCUT2D eigenvalue weighted by molar-refractivity contribution is 0.363. The van der Waals surface area contributed by atoms with Crippen LogP contribution in [0.25, 0.3) is 0 Å². The van der Waals surface area contributed by atoms with Crippen LogP contribution in [0.5, 0.6) is 5.75 Å². The molecule has 0 bridgehead atoms. The topological polar surface area (TPSA) is 33.3 Å². The number of thiocarbonyl (C=S) groups is 1. The molecule has 3 aromatic rings. The highest BCUT2D eigenvalue weighted by molar-refractivity contribution is 7.80. The van der Waals surface area contributed by atoms with E-state index in [9.17, 15) is 0 Å². The maximum atomic E-state index is 5.59. The van der Waals surface area contributed by atoms with E-state index in [0.29, 0.717) is 11.7 Å². The monoisotopic (exact) mass is 388 g/mol. The van der Waals surface area contributed by atoms with Gasteiger partial charge in [-0.3, -0.25) is 0 Å².